The average molecular weight is 454 g/mol. The van der Waals surface area contributed by atoms with Crippen molar-refractivity contribution in [3.63, 3.8) is 0 Å². The van der Waals surface area contributed by atoms with Crippen LogP contribution in [0.4, 0.5) is 0 Å². The Morgan fingerprint density at radius 3 is 1.80 bits per heavy atom. The molecule has 0 fully saturated rings. The number of hydrogen-bond donors (Lipinski definition) is 1. The fraction of sp³-hybridized carbons (Fsp3) is 0.474. The van der Waals surface area contributed by atoms with Gasteiger partial charge in [-0.05, 0) is 6.42 Å². The molecule has 0 aromatic rings. The highest BCUT2D eigenvalue weighted by atomic mass is 33.1. The SMILES string of the molecule is O=C(CCCSSCCNC(=O)CCN1C(=O)C=CC1=O)CCN1C(=O)C=CC1=O. The van der Waals surface area contributed by atoms with E-state index in [2.05, 4.69) is 5.32 Å². The molecule has 2 rings (SSSR count). The number of imide groups is 2. The second kappa shape index (κ2) is 12.3. The molecule has 0 saturated heterocycles. The maximum absolute atomic E-state index is 11.8. The summed E-state index contributed by atoms with van der Waals surface area (Å²) in [7, 11) is 3.19. The molecule has 0 radical (unpaired) electrons. The normalized spacial score (nSPS) is 15.6. The van der Waals surface area contributed by atoms with Gasteiger partial charge < -0.3 is 5.32 Å². The number of nitrogens with one attached hydrogen (secondary N) is 1. The van der Waals surface area contributed by atoms with Gasteiger partial charge in [0.05, 0.1) is 0 Å². The fourth-order valence-electron chi connectivity index (χ4n) is 2.64. The quantitative estimate of drug-likeness (QED) is 0.229. The molecule has 1 N–H and O–H groups in total. The number of carbonyl (C=O) groups excluding carboxylic acids is 6. The Morgan fingerprint density at radius 2 is 1.23 bits per heavy atom. The Labute approximate surface area is 182 Å². The molecule has 162 valence electrons. The lowest BCUT2D eigenvalue weighted by atomic mass is 10.2. The van der Waals surface area contributed by atoms with E-state index in [1.165, 1.54) is 24.3 Å². The van der Waals surface area contributed by atoms with Crippen molar-refractivity contribution in [3.8, 4) is 0 Å². The molecular weight excluding hydrogens is 430 g/mol. The van der Waals surface area contributed by atoms with E-state index in [0.717, 1.165) is 15.6 Å². The van der Waals surface area contributed by atoms with Crippen molar-refractivity contribution in [2.45, 2.75) is 25.7 Å². The molecular formula is C19H23N3O6S2. The predicted octanol–water partition coefficient (Wildman–Crippen LogP) is 0.464. The summed E-state index contributed by atoms with van der Waals surface area (Å²) in [6, 6.07) is 0. The molecule has 0 bridgehead atoms. The lowest BCUT2D eigenvalue weighted by Gasteiger charge is -2.13. The summed E-state index contributed by atoms with van der Waals surface area (Å²) < 4.78 is 0. The molecule has 2 aliphatic rings. The van der Waals surface area contributed by atoms with Crippen LogP contribution in [0.3, 0.4) is 0 Å². The Kier molecular flexibility index (Phi) is 9.81. The Bertz CT molecular complexity index is 680. The smallest absolute Gasteiger partial charge is 0.253 e. The van der Waals surface area contributed by atoms with E-state index in [4.69, 9.17) is 0 Å². The Balaban J connectivity index is 1.41. The van der Waals surface area contributed by atoms with Gasteiger partial charge in [-0.2, -0.15) is 0 Å². The summed E-state index contributed by atoms with van der Waals surface area (Å²) in [4.78, 5) is 71.2. The van der Waals surface area contributed by atoms with Crippen molar-refractivity contribution in [1.29, 1.82) is 0 Å². The zero-order valence-corrected chi connectivity index (χ0v) is 18.0. The summed E-state index contributed by atoms with van der Waals surface area (Å²) in [5.41, 5.74) is 0. The van der Waals surface area contributed by atoms with Gasteiger partial charge in [-0.15, -0.1) is 0 Å². The van der Waals surface area contributed by atoms with Crippen molar-refractivity contribution in [2.24, 2.45) is 0 Å². The second-order valence-corrected chi connectivity index (χ2v) is 9.16. The molecule has 0 aliphatic carbocycles. The summed E-state index contributed by atoms with van der Waals surface area (Å²) in [5, 5.41) is 2.73. The van der Waals surface area contributed by atoms with Crippen molar-refractivity contribution < 1.29 is 28.8 Å². The van der Waals surface area contributed by atoms with Crippen LogP contribution in [0.2, 0.25) is 0 Å². The molecule has 2 aliphatic heterocycles. The zero-order chi connectivity index (χ0) is 21.9. The van der Waals surface area contributed by atoms with Gasteiger partial charge in [-0.1, -0.05) is 21.6 Å². The standard InChI is InChI=1S/C19H23N3O6S2/c23-14(7-10-21-16(25)3-4-17(21)26)2-1-12-29-30-13-9-20-15(24)8-11-22-18(27)5-6-19(22)28/h3-6H,1-2,7-13H2,(H,20,24). The summed E-state index contributed by atoms with van der Waals surface area (Å²) >= 11 is 0. The van der Waals surface area contributed by atoms with E-state index >= 15 is 0 Å². The largest absolute Gasteiger partial charge is 0.355 e. The van der Waals surface area contributed by atoms with Gasteiger partial charge >= 0.3 is 0 Å². The number of rotatable bonds is 14. The van der Waals surface area contributed by atoms with Crippen LogP contribution < -0.4 is 5.32 Å². The highest BCUT2D eigenvalue weighted by Gasteiger charge is 2.24. The molecule has 0 spiro atoms. The van der Waals surface area contributed by atoms with Gasteiger partial charge in [-0.25, -0.2) is 0 Å². The summed E-state index contributed by atoms with van der Waals surface area (Å²) in [5.74, 6) is -0.265. The first kappa shape index (κ1) is 23.9. The van der Waals surface area contributed by atoms with E-state index in [1.54, 1.807) is 21.6 Å². The monoisotopic (exact) mass is 453 g/mol. The topological polar surface area (TPSA) is 121 Å². The minimum Gasteiger partial charge on any atom is -0.355 e. The number of Topliss-reactive ketones (excluding diaryl/α,β-unsaturated/α-hetero) is 1. The Morgan fingerprint density at radius 1 is 0.733 bits per heavy atom. The summed E-state index contributed by atoms with van der Waals surface area (Å²) in [6.07, 6.45) is 6.14. The van der Waals surface area contributed by atoms with E-state index in [9.17, 15) is 28.8 Å². The van der Waals surface area contributed by atoms with Crippen LogP contribution in [-0.4, -0.2) is 76.3 Å². The van der Waals surface area contributed by atoms with Gasteiger partial charge in [0.15, 0.2) is 0 Å². The molecule has 0 aromatic heterocycles. The predicted molar refractivity (Wildman–Crippen MR) is 113 cm³/mol. The minimum absolute atomic E-state index is 0.0190. The number of nitrogens with zero attached hydrogens (tertiary/aromatic N) is 2. The maximum atomic E-state index is 11.8. The van der Waals surface area contributed by atoms with Crippen LogP contribution in [0.25, 0.3) is 0 Å². The van der Waals surface area contributed by atoms with Crippen LogP contribution in [0.5, 0.6) is 0 Å². The number of ketones is 1. The van der Waals surface area contributed by atoms with E-state index in [1.807, 2.05) is 0 Å². The second-order valence-electron chi connectivity index (χ2n) is 6.46. The fourth-order valence-corrected chi connectivity index (χ4v) is 4.64. The number of hydrogen-bond acceptors (Lipinski definition) is 8. The highest BCUT2D eigenvalue weighted by molar-refractivity contribution is 8.76. The average Bonchev–Trinajstić information content (AvgIpc) is 3.21. The van der Waals surface area contributed by atoms with Crippen LogP contribution >= 0.6 is 21.6 Å². The molecule has 2 heterocycles. The third kappa shape index (κ3) is 7.79. The minimum atomic E-state index is -0.395. The van der Waals surface area contributed by atoms with Crippen molar-refractivity contribution in [1.82, 2.24) is 15.1 Å². The first-order valence-corrected chi connectivity index (χ1v) is 12.0. The molecule has 0 saturated carbocycles. The van der Waals surface area contributed by atoms with E-state index < -0.39 is 11.8 Å². The molecule has 0 atom stereocenters. The third-order valence-corrected chi connectivity index (χ3v) is 6.74. The molecule has 9 nitrogen and oxygen atoms in total. The van der Waals surface area contributed by atoms with Gasteiger partial charge in [0.2, 0.25) is 5.91 Å². The molecule has 5 amide bonds. The first-order valence-electron chi connectivity index (χ1n) is 9.48. The molecule has 11 heteroatoms. The van der Waals surface area contributed by atoms with Crippen molar-refractivity contribution in [2.75, 3.05) is 31.1 Å². The van der Waals surface area contributed by atoms with Crippen molar-refractivity contribution >= 4 is 56.9 Å². The molecule has 30 heavy (non-hydrogen) atoms. The zero-order valence-electron chi connectivity index (χ0n) is 16.3. The third-order valence-electron chi connectivity index (χ3n) is 4.25. The number of amides is 5. The van der Waals surface area contributed by atoms with E-state index in [-0.39, 0.29) is 49.4 Å². The summed E-state index contributed by atoms with van der Waals surface area (Å²) in [6.45, 7) is 0.673. The van der Waals surface area contributed by atoms with E-state index in [0.29, 0.717) is 25.1 Å². The first-order chi connectivity index (χ1) is 14.4. The van der Waals surface area contributed by atoms with Crippen LogP contribution in [0, 0.1) is 0 Å². The highest BCUT2D eigenvalue weighted by Crippen LogP contribution is 2.22. The maximum Gasteiger partial charge on any atom is 0.253 e. The number of carbonyl (C=O) groups is 6. The van der Waals surface area contributed by atoms with Crippen LogP contribution in [0.15, 0.2) is 24.3 Å². The Hall–Kier alpha value is -2.40. The van der Waals surface area contributed by atoms with Crippen LogP contribution in [-0.2, 0) is 28.8 Å². The lowest BCUT2D eigenvalue weighted by Crippen LogP contribution is -2.35. The van der Waals surface area contributed by atoms with Gasteiger partial charge in [0.25, 0.3) is 23.6 Å². The van der Waals surface area contributed by atoms with Crippen molar-refractivity contribution in [3.05, 3.63) is 24.3 Å². The van der Waals surface area contributed by atoms with Crippen LogP contribution in [0.1, 0.15) is 25.7 Å². The molecule has 0 aromatic carbocycles. The lowest BCUT2D eigenvalue weighted by molar-refractivity contribution is -0.139. The van der Waals surface area contributed by atoms with Gasteiger partial charge in [0.1, 0.15) is 5.78 Å². The van der Waals surface area contributed by atoms with Gasteiger partial charge in [-0.3, -0.25) is 38.6 Å². The molecule has 0 unspecified atom stereocenters. The van der Waals surface area contributed by atoms with Gasteiger partial charge in [0, 0.05) is 74.7 Å².